The predicted molar refractivity (Wildman–Crippen MR) is 155 cm³/mol. The van der Waals surface area contributed by atoms with Crippen molar-refractivity contribution in [2.45, 2.75) is 111 Å². The fourth-order valence-corrected chi connectivity index (χ4v) is 6.14. The number of likely N-dealkylation sites (tertiary alicyclic amines) is 1. The van der Waals surface area contributed by atoms with E-state index < -0.39 is 0 Å². The Morgan fingerprint density at radius 3 is 2.22 bits per heavy atom. The van der Waals surface area contributed by atoms with Gasteiger partial charge in [-0.25, -0.2) is 4.98 Å². The van der Waals surface area contributed by atoms with Gasteiger partial charge in [-0.1, -0.05) is 53.4 Å². The molecule has 0 unspecified atom stereocenters. The van der Waals surface area contributed by atoms with Crippen LogP contribution in [0.3, 0.4) is 0 Å². The summed E-state index contributed by atoms with van der Waals surface area (Å²) in [5.41, 5.74) is 3.05. The highest BCUT2D eigenvalue weighted by atomic mass is 16.2. The number of amides is 1. The van der Waals surface area contributed by atoms with Gasteiger partial charge >= 0.3 is 0 Å². The second kappa shape index (κ2) is 13.8. The number of piperidine rings is 1. The Kier molecular flexibility index (Phi) is 10.5. The molecule has 5 nitrogen and oxygen atoms in total. The van der Waals surface area contributed by atoms with Crippen LogP contribution in [0.5, 0.6) is 0 Å². The number of fused-ring (bicyclic) bond motifs is 1. The van der Waals surface area contributed by atoms with Gasteiger partial charge in [0.2, 0.25) is 0 Å². The van der Waals surface area contributed by atoms with Crippen molar-refractivity contribution < 1.29 is 4.79 Å². The normalized spacial score (nSPS) is 17.8. The molecule has 1 aliphatic carbocycles. The van der Waals surface area contributed by atoms with Crippen molar-refractivity contribution in [2.75, 3.05) is 32.7 Å². The van der Waals surface area contributed by atoms with Crippen molar-refractivity contribution in [2.24, 2.45) is 11.8 Å². The molecule has 4 rings (SSSR count). The third-order valence-corrected chi connectivity index (χ3v) is 8.54. The van der Waals surface area contributed by atoms with Gasteiger partial charge in [0.05, 0.1) is 11.0 Å². The minimum Gasteiger partial charge on any atom is -0.339 e. The summed E-state index contributed by atoms with van der Waals surface area (Å²) in [5, 5.41) is 0. The first kappa shape index (κ1) is 28.1. The largest absolute Gasteiger partial charge is 0.339 e. The van der Waals surface area contributed by atoms with Gasteiger partial charge in [0.15, 0.2) is 0 Å². The summed E-state index contributed by atoms with van der Waals surface area (Å²) in [7, 11) is 0. The molecule has 1 saturated carbocycles. The third-order valence-electron chi connectivity index (χ3n) is 8.54. The van der Waals surface area contributed by atoms with Gasteiger partial charge in [0.1, 0.15) is 5.82 Å². The molecule has 1 amide bonds. The average Bonchev–Trinajstić information content (AvgIpc) is 3.27. The standard InChI is InChI=1S/C32H52N4O/c1-25(2)16-22-35(23-17-26(3)4)32(37)28-14-15-29-30(24-28)36(21-11-20-34-18-9-6-10-19-34)31(33-29)27-12-7-5-8-13-27/h14-15,24-27H,5-13,16-23H2,1-4H3. The topological polar surface area (TPSA) is 41.4 Å². The molecule has 0 bridgehead atoms. The van der Waals surface area contributed by atoms with Gasteiger partial charge in [-0.15, -0.1) is 0 Å². The molecule has 2 aliphatic rings. The second-order valence-corrected chi connectivity index (χ2v) is 12.6. The number of hydrogen-bond donors (Lipinski definition) is 0. The Labute approximate surface area is 226 Å². The van der Waals surface area contributed by atoms with Crippen LogP contribution in [0.4, 0.5) is 0 Å². The van der Waals surface area contributed by atoms with Crippen LogP contribution in [0.1, 0.15) is 120 Å². The molecule has 0 radical (unpaired) electrons. The lowest BCUT2D eigenvalue weighted by atomic mass is 9.88. The number of imidazole rings is 1. The fraction of sp³-hybridized carbons (Fsp3) is 0.750. The first-order valence-corrected chi connectivity index (χ1v) is 15.4. The van der Waals surface area contributed by atoms with Crippen LogP contribution in [-0.4, -0.2) is 58.0 Å². The van der Waals surface area contributed by atoms with E-state index in [9.17, 15) is 4.79 Å². The summed E-state index contributed by atoms with van der Waals surface area (Å²) in [6, 6.07) is 6.30. The molecule has 2 fully saturated rings. The Bertz CT molecular complexity index is 970. The zero-order chi connectivity index (χ0) is 26.2. The van der Waals surface area contributed by atoms with Crippen LogP contribution in [0.2, 0.25) is 0 Å². The van der Waals surface area contributed by atoms with E-state index in [0.717, 1.165) is 55.5 Å². The molecule has 206 valence electrons. The molecule has 2 aromatic rings. The molecule has 1 aliphatic heterocycles. The van der Waals surface area contributed by atoms with E-state index >= 15 is 0 Å². The highest BCUT2D eigenvalue weighted by Gasteiger charge is 2.24. The van der Waals surface area contributed by atoms with E-state index in [0.29, 0.717) is 17.8 Å². The van der Waals surface area contributed by atoms with E-state index in [2.05, 4.69) is 54.2 Å². The highest BCUT2D eigenvalue weighted by molar-refractivity contribution is 5.97. The SMILES string of the molecule is CC(C)CCN(CCC(C)C)C(=O)c1ccc2nc(C3CCCCC3)n(CCCN3CCCCC3)c2c1. The maximum atomic E-state index is 13.7. The molecule has 0 N–H and O–H groups in total. The maximum Gasteiger partial charge on any atom is 0.253 e. The summed E-state index contributed by atoms with van der Waals surface area (Å²) < 4.78 is 2.50. The number of benzene rings is 1. The second-order valence-electron chi connectivity index (χ2n) is 12.6. The number of aromatic nitrogens is 2. The Morgan fingerprint density at radius 2 is 1.57 bits per heavy atom. The molecule has 2 heterocycles. The molecule has 1 aromatic carbocycles. The number of carbonyl (C=O) groups excluding carboxylic acids is 1. The van der Waals surface area contributed by atoms with Gasteiger partial charge < -0.3 is 14.4 Å². The zero-order valence-corrected chi connectivity index (χ0v) is 24.2. The summed E-state index contributed by atoms with van der Waals surface area (Å²) in [6.07, 6.45) is 13.8. The van der Waals surface area contributed by atoms with Gasteiger partial charge in [0, 0.05) is 31.1 Å². The minimum absolute atomic E-state index is 0.184. The van der Waals surface area contributed by atoms with Crippen LogP contribution in [-0.2, 0) is 6.54 Å². The Hall–Kier alpha value is -1.88. The van der Waals surface area contributed by atoms with Gasteiger partial charge in [-0.05, 0) is 94.6 Å². The Morgan fingerprint density at radius 1 is 0.919 bits per heavy atom. The maximum absolute atomic E-state index is 13.7. The summed E-state index contributed by atoms with van der Waals surface area (Å²) >= 11 is 0. The molecule has 37 heavy (non-hydrogen) atoms. The Balaban J connectivity index is 1.58. The predicted octanol–water partition coefficient (Wildman–Crippen LogP) is 7.49. The number of aryl methyl sites for hydroxylation is 1. The number of nitrogens with zero attached hydrogens (tertiary/aromatic N) is 4. The van der Waals surface area contributed by atoms with Crippen LogP contribution in [0, 0.1) is 11.8 Å². The van der Waals surface area contributed by atoms with E-state index in [-0.39, 0.29) is 5.91 Å². The van der Waals surface area contributed by atoms with E-state index in [4.69, 9.17) is 4.98 Å². The first-order chi connectivity index (χ1) is 17.9. The first-order valence-electron chi connectivity index (χ1n) is 15.4. The average molecular weight is 509 g/mol. The third kappa shape index (κ3) is 7.81. The van der Waals surface area contributed by atoms with Gasteiger partial charge in [-0.3, -0.25) is 4.79 Å². The molecule has 5 heteroatoms. The zero-order valence-electron chi connectivity index (χ0n) is 24.2. The van der Waals surface area contributed by atoms with E-state index in [1.807, 2.05) is 6.07 Å². The van der Waals surface area contributed by atoms with Crippen molar-refractivity contribution in [3.05, 3.63) is 29.6 Å². The van der Waals surface area contributed by atoms with E-state index in [1.54, 1.807) is 0 Å². The molecule has 0 spiro atoms. The van der Waals surface area contributed by atoms with Crippen LogP contribution in [0.15, 0.2) is 18.2 Å². The lowest BCUT2D eigenvalue weighted by Gasteiger charge is -2.27. The van der Waals surface area contributed by atoms with Crippen LogP contribution >= 0.6 is 0 Å². The molecular formula is C32H52N4O. The number of rotatable bonds is 12. The van der Waals surface area contributed by atoms with Crippen LogP contribution in [0.25, 0.3) is 11.0 Å². The summed E-state index contributed by atoms with van der Waals surface area (Å²) in [5.74, 6) is 3.20. The molecule has 1 saturated heterocycles. The molecular weight excluding hydrogens is 456 g/mol. The van der Waals surface area contributed by atoms with Gasteiger partial charge in [-0.2, -0.15) is 0 Å². The van der Waals surface area contributed by atoms with Crippen molar-refractivity contribution in [3.63, 3.8) is 0 Å². The van der Waals surface area contributed by atoms with Crippen molar-refractivity contribution in [1.82, 2.24) is 19.4 Å². The van der Waals surface area contributed by atoms with Gasteiger partial charge in [0.25, 0.3) is 5.91 Å². The molecule has 0 atom stereocenters. The lowest BCUT2D eigenvalue weighted by Crippen LogP contribution is -2.34. The summed E-state index contributed by atoms with van der Waals surface area (Å²) in [4.78, 5) is 23.7. The van der Waals surface area contributed by atoms with Crippen molar-refractivity contribution >= 4 is 16.9 Å². The van der Waals surface area contributed by atoms with Crippen LogP contribution < -0.4 is 0 Å². The number of carbonyl (C=O) groups is 1. The van der Waals surface area contributed by atoms with E-state index in [1.165, 1.54) is 76.8 Å². The molecule has 1 aromatic heterocycles. The summed E-state index contributed by atoms with van der Waals surface area (Å²) in [6.45, 7) is 15.3. The highest BCUT2D eigenvalue weighted by Crippen LogP contribution is 2.34. The lowest BCUT2D eigenvalue weighted by molar-refractivity contribution is 0.0741. The van der Waals surface area contributed by atoms with Crippen molar-refractivity contribution in [3.8, 4) is 0 Å². The number of hydrogen-bond acceptors (Lipinski definition) is 3. The minimum atomic E-state index is 0.184. The monoisotopic (exact) mass is 508 g/mol. The smallest absolute Gasteiger partial charge is 0.253 e. The van der Waals surface area contributed by atoms with Crippen molar-refractivity contribution in [1.29, 1.82) is 0 Å². The fourth-order valence-electron chi connectivity index (χ4n) is 6.14. The quantitative estimate of drug-likeness (QED) is 0.298.